The Balaban J connectivity index is 3.03. The van der Waals surface area contributed by atoms with E-state index < -0.39 is 0 Å². The van der Waals surface area contributed by atoms with Gasteiger partial charge in [-0.2, -0.15) is 5.10 Å². The van der Waals surface area contributed by atoms with Gasteiger partial charge >= 0.3 is 0 Å². The van der Waals surface area contributed by atoms with Gasteiger partial charge in [-0.15, -0.1) is 0 Å². The van der Waals surface area contributed by atoms with Crippen LogP contribution in [-0.2, 0) is 0 Å². The maximum Gasteiger partial charge on any atom is 0.0642 e. The van der Waals surface area contributed by atoms with Crippen LogP contribution in [-0.4, -0.2) is 35.7 Å². The van der Waals surface area contributed by atoms with Crippen LogP contribution in [0.15, 0.2) is 0 Å². The molecule has 0 aromatic carbocycles. The van der Waals surface area contributed by atoms with Gasteiger partial charge < -0.3 is 10.6 Å². The van der Waals surface area contributed by atoms with Crippen molar-refractivity contribution in [2.24, 2.45) is 5.73 Å². The van der Waals surface area contributed by atoms with E-state index in [4.69, 9.17) is 5.73 Å². The Hall–Kier alpha value is -0.870. The first-order chi connectivity index (χ1) is 6.07. The minimum atomic E-state index is 0.263. The van der Waals surface area contributed by atoms with Crippen LogP contribution in [0, 0.1) is 13.8 Å². The summed E-state index contributed by atoms with van der Waals surface area (Å²) >= 11 is 0. The Kier molecular flexibility index (Phi) is 3.06. The van der Waals surface area contributed by atoms with E-state index in [-0.39, 0.29) is 6.04 Å². The molecule has 1 aromatic rings. The van der Waals surface area contributed by atoms with Gasteiger partial charge in [-0.05, 0) is 27.9 Å². The third-order valence-corrected chi connectivity index (χ3v) is 2.36. The third kappa shape index (κ3) is 1.89. The summed E-state index contributed by atoms with van der Waals surface area (Å²) in [6.45, 7) is 4.65. The highest BCUT2D eigenvalue weighted by Crippen LogP contribution is 2.22. The van der Waals surface area contributed by atoms with Crippen molar-refractivity contribution in [1.82, 2.24) is 15.1 Å². The van der Waals surface area contributed by atoms with E-state index in [9.17, 15) is 0 Å². The van der Waals surface area contributed by atoms with Crippen molar-refractivity contribution >= 4 is 0 Å². The predicted octanol–water partition coefficient (Wildman–Crippen LogP) is 0.588. The number of hydrogen-bond acceptors (Lipinski definition) is 3. The summed E-state index contributed by atoms with van der Waals surface area (Å²) in [4.78, 5) is 2.12. The summed E-state index contributed by atoms with van der Waals surface area (Å²) in [5.41, 5.74) is 9.10. The van der Waals surface area contributed by atoms with Gasteiger partial charge in [-0.25, -0.2) is 0 Å². The molecule has 4 heteroatoms. The topological polar surface area (TPSA) is 57.9 Å². The highest BCUT2D eigenvalue weighted by atomic mass is 15.2. The Morgan fingerprint density at radius 1 is 1.46 bits per heavy atom. The fraction of sp³-hybridized carbons (Fsp3) is 0.667. The average molecular weight is 182 g/mol. The summed E-state index contributed by atoms with van der Waals surface area (Å²) < 4.78 is 0. The summed E-state index contributed by atoms with van der Waals surface area (Å²) in [6, 6.07) is 0.263. The zero-order chi connectivity index (χ0) is 10.0. The molecule has 0 bridgehead atoms. The minimum Gasteiger partial charge on any atom is -0.329 e. The third-order valence-electron chi connectivity index (χ3n) is 2.36. The first-order valence-electron chi connectivity index (χ1n) is 4.46. The van der Waals surface area contributed by atoms with Crippen molar-refractivity contribution in [1.29, 1.82) is 0 Å². The van der Waals surface area contributed by atoms with Gasteiger partial charge in [0.15, 0.2) is 0 Å². The molecule has 1 atom stereocenters. The lowest BCUT2D eigenvalue weighted by Crippen LogP contribution is -2.28. The second kappa shape index (κ2) is 3.89. The molecule has 1 unspecified atom stereocenters. The van der Waals surface area contributed by atoms with E-state index in [0.29, 0.717) is 6.54 Å². The Labute approximate surface area is 79.1 Å². The van der Waals surface area contributed by atoms with Crippen LogP contribution in [0.3, 0.4) is 0 Å². The molecule has 0 saturated heterocycles. The SMILES string of the molecule is Cc1n[nH]c(C)c1C(CN)N(C)C. The van der Waals surface area contributed by atoms with Crippen molar-refractivity contribution in [3.8, 4) is 0 Å². The van der Waals surface area contributed by atoms with Crippen molar-refractivity contribution in [3.05, 3.63) is 17.0 Å². The monoisotopic (exact) mass is 182 g/mol. The number of aromatic nitrogens is 2. The van der Waals surface area contributed by atoms with Crippen LogP contribution in [0.25, 0.3) is 0 Å². The molecule has 0 spiro atoms. The van der Waals surface area contributed by atoms with E-state index >= 15 is 0 Å². The maximum absolute atomic E-state index is 5.72. The smallest absolute Gasteiger partial charge is 0.0642 e. The van der Waals surface area contributed by atoms with Crippen LogP contribution in [0.5, 0.6) is 0 Å². The first kappa shape index (κ1) is 10.2. The molecule has 0 aliphatic heterocycles. The number of aryl methyl sites for hydroxylation is 2. The molecule has 74 valence electrons. The summed E-state index contributed by atoms with van der Waals surface area (Å²) in [7, 11) is 4.06. The number of nitrogens with two attached hydrogens (primary N) is 1. The normalized spacial score (nSPS) is 13.7. The predicted molar refractivity (Wildman–Crippen MR) is 53.5 cm³/mol. The number of hydrogen-bond donors (Lipinski definition) is 2. The number of nitrogens with zero attached hydrogens (tertiary/aromatic N) is 2. The van der Waals surface area contributed by atoms with Gasteiger partial charge in [-0.3, -0.25) is 5.10 Å². The van der Waals surface area contributed by atoms with Gasteiger partial charge in [0.2, 0.25) is 0 Å². The van der Waals surface area contributed by atoms with Crippen molar-refractivity contribution < 1.29 is 0 Å². The Bertz CT molecular complexity index is 258. The molecule has 0 saturated carbocycles. The fourth-order valence-electron chi connectivity index (χ4n) is 1.64. The molecular weight excluding hydrogens is 164 g/mol. The van der Waals surface area contributed by atoms with E-state index in [1.165, 1.54) is 5.56 Å². The second-order valence-electron chi connectivity index (χ2n) is 3.56. The standard InChI is InChI=1S/C9H18N4/c1-6-9(7(2)12-11-6)8(5-10)13(3)4/h8H,5,10H2,1-4H3,(H,11,12). The Morgan fingerprint density at radius 3 is 2.38 bits per heavy atom. The van der Waals surface area contributed by atoms with Crippen LogP contribution in [0.4, 0.5) is 0 Å². The zero-order valence-corrected chi connectivity index (χ0v) is 8.76. The van der Waals surface area contributed by atoms with Gasteiger partial charge in [-0.1, -0.05) is 0 Å². The maximum atomic E-state index is 5.72. The minimum absolute atomic E-state index is 0.263. The second-order valence-corrected chi connectivity index (χ2v) is 3.56. The van der Waals surface area contributed by atoms with Crippen molar-refractivity contribution in [3.63, 3.8) is 0 Å². The van der Waals surface area contributed by atoms with Crippen LogP contribution >= 0.6 is 0 Å². The first-order valence-corrected chi connectivity index (χ1v) is 4.46. The average Bonchev–Trinajstić information content (AvgIpc) is 2.36. The van der Waals surface area contributed by atoms with Crippen molar-refractivity contribution in [2.45, 2.75) is 19.9 Å². The lowest BCUT2D eigenvalue weighted by molar-refractivity contribution is 0.304. The molecule has 1 aromatic heterocycles. The quantitative estimate of drug-likeness (QED) is 0.719. The molecular formula is C9H18N4. The number of likely N-dealkylation sites (N-methyl/N-ethyl adjacent to an activating group) is 1. The van der Waals surface area contributed by atoms with Crippen LogP contribution in [0.1, 0.15) is 23.0 Å². The molecule has 0 aliphatic rings. The van der Waals surface area contributed by atoms with Crippen molar-refractivity contribution in [2.75, 3.05) is 20.6 Å². The van der Waals surface area contributed by atoms with Gasteiger partial charge in [0.25, 0.3) is 0 Å². The molecule has 3 N–H and O–H groups in total. The molecule has 0 amide bonds. The molecule has 0 aliphatic carbocycles. The molecule has 1 rings (SSSR count). The van der Waals surface area contributed by atoms with E-state index in [1.807, 2.05) is 27.9 Å². The van der Waals surface area contributed by atoms with E-state index in [1.54, 1.807) is 0 Å². The molecule has 0 radical (unpaired) electrons. The molecule has 4 nitrogen and oxygen atoms in total. The summed E-state index contributed by atoms with van der Waals surface area (Å²) in [5, 5.41) is 7.13. The van der Waals surface area contributed by atoms with Gasteiger partial charge in [0.05, 0.1) is 11.7 Å². The molecule has 13 heavy (non-hydrogen) atoms. The highest BCUT2D eigenvalue weighted by Gasteiger charge is 2.18. The largest absolute Gasteiger partial charge is 0.329 e. The number of nitrogens with one attached hydrogen (secondary N) is 1. The summed E-state index contributed by atoms with van der Waals surface area (Å²) in [6.07, 6.45) is 0. The number of H-pyrrole nitrogens is 1. The molecule has 0 fully saturated rings. The molecule has 1 heterocycles. The van der Waals surface area contributed by atoms with E-state index in [0.717, 1.165) is 11.4 Å². The summed E-state index contributed by atoms with van der Waals surface area (Å²) in [5.74, 6) is 0. The number of rotatable bonds is 3. The van der Waals surface area contributed by atoms with Crippen LogP contribution < -0.4 is 5.73 Å². The number of aromatic amines is 1. The highest BCUT2D eigenvalue weighted by molar-refractivity contribution is 5.27. The lowest BCUT2D eigenvalue weighted by Gasteiger charge is -2.23. The van der Waals surface area contributed by atoms with E-state index in [2.05, 4.69) is 15.1 Å². The van der Waals surface area contributed by atoms with Gasteiger partial charge in [0, 0.05) is 17.8 Å². The van der Waals surface area contributed by atoms with Gasteiger partial charge in [0.1, 0.15) is 0 Å². The lowest BCUT2D eigenvalue weighted by atomic mass is 10.0. The fourth-order valence-corrected chi connectivity index (χ4v) is 1.64. The Morgan fingerprint density at radius 2 is 2.08 bits per heavy atom. The van der Waals surface area contributed by atoms with Crippen LogP contribution in [0.2, 0.25) is 0 Å². The zero-order valence-electron chi connectivity index (χ0n) is 8.76.